The number of carbonyl (C=O) groups excluding carboxylic acids is 1. The average Bonchev–Trinajstić information content (AvgIpc) is 2.15. The first-order chi connectivity index (χ1) is 6.49. The Labute approximate surface area is 83.7 Å². The van der Waals surface area contributed by atoms with Crippen molar-refractivity contribution < 1.29 is 19.4 Å². The molecule has 0 amide bonds. The third-order valence-electron chi connectivity index (χ3n) is 1.64. The van der Waals surface area contributed by atoms with Crippen molar-refractivity contribution in [1.29, 1.82) is 0 Å². The van der Waals surface area contributed by atoms with Crippen LogP contribution in [0.25, 0.3) is 0 Å². The fourth-order valence-corrected chi connectivity index (χ4v) is 1.16. The molecule has 76 valence electrons. The summed E-state index contributed by atoms with van der Waals surface area (Å²) in [6, 6.07) is 0.805. The number of ketones is 1. The fourth-order valence-electron chi connectivity index (χ4n) is 0.960. The highest BCUT2D eigenvalue weighted by atomic mass is 35.5. The average molecular weight is 220 g/mol. The zero-order chi connectivity index (χ0) is 10.9. The van der Waals surface area contributed by atoms with Gasteiger partial charge in [0.2, 0.25) is 0 Å². The number of nitrogens with two attached hydrogens (primary N) is 1. The zero-order valence-electron chi connectivity index (χ0n) is 6.92. The molecule has 6 heteroatoms. The lowest BCUT2D eigenvalue weighted by Crippen LogP contribution is -2.15. The molecule has 1 aromatic rings. The molecule has 0 aliphatic rings. The molecule has 1 aromatic carbocycles. The standard InChI is InChI=1S/C8H7ClFNO3/c9-3-1-4(12)7(10)6(8(3)14)5(13)2-11/h1,12,14H,2,11H2. The second-order valence-electron chi connectivity index (χ2n) is 2.54. The highest BCUT2D eigenvalue weighted by molar-refractivity contribution is 6.32. The van der Waals surface area contributed by atoms with Crippen LogP contribution >= 0.6 is 11.6 Å². The molecule has 0 aliphatic heterocycles. The number of hydrogen-bond acceptors (Lipinski definition) is 4. The summed E-state index contributed by atoms with van der Waals surface area (Å²) in [5.41, 5.74) is 4.31. The number of hydrogen-bond donors (Lipinski definition) is 3. The molecule has 0 saturated carbocycles. The first-order valence-electron chi connectivity index (χ1n) is 3.62. The van der Waals surface area contributed by atoms with E-state index < -0.39 is 35.2 Å². The molecule has 0 atom stereocenters. The molecule has 0 aliphatic carbocycles. The molecule has 0 saturated heterocycles. The van der Waals surface area contributed by atoms with Gasteiger partial charge in [-0.2, -0.15) is 0 Å². The number of Topliss-reactive ketones (excluding diaryl/α,β-unsaturated/α-hetero) is 1. The predicted molar refractivity (Wildman–Crippen MR) is 48.1 cm³/mol. The lowest BCUT2D eigenvalue weighted by molar-refractivity contribution is 0.0994. The van der Waals surface area contributed by atoms with Crippen LogP contribution in [0.3, 0.4) is 0 Å². The van der Waals surface area contributed by atoms with Crippen LogP contribution in [-0.2, 0) is 0 Å². The smallest absolute Gasteiger partial charge is 0.183 e. The molecule has 0 heterocycles. The summed E-state index contributed by atoms with van der Waals surface area (Å²) in [7, 11) is 0. The van der Waals surface area contributed by atoms with Gasteiger partial charge in [-0.25, -0.2) is 4.39 Å². The predicted octanol–water partition coefficient (Wildman–Crippen LogP) is 1.03. The van der Waals surface area contributed by atoms with Gasteiger partial charge in [-0.1, -0.05) is 11.6 Å². The van der Waals surface area contributed by atoms with E-state index in [-0.39, 0.29) is 5.02 Å². The van der Waals surface area contributed by atoms with Crippen molar-refractivity contribution >= 4 is 17.4 Å². The Bertz CT molecular complexity index is 368. The van der Waals surface area contributed by atoms with Crippen LogP contribution in [0.15, 0.2) is 6.07 Å². The van der Waals surface area contributed by atoms with E-state index in [9.17, 15) is 14.3 Å². The molecular formula is C8H7ClFNO3. The molecule has 14 heavy (non-hydrogen) atoms. The maximum atomic E-state index is 13.1. The molecule has 0 fully saturated rings. The van der Waals surface area contributed by atoms with Crippen LogP contribution in [-0.4, -0.2) is 22.5 Å². The third kappa shape index (κ3) is 1.64. The summed E-state index contributed by atoms with van der Waals surface area (Å²) in [6.07, 6.45) is 0. The molecule has 0 spiro atoms. The van der Waals surface area contributed by atoms with Crippen LogP contribution in [0.5, 0.6) is 11.5 Å². The molecule has 0 bridgehead atoms. The number of halogens is 2. The third-order valence-corrected chi connectivity index (χ3v) is 1.92. The Hall–Kier alpha value is -1.33. The Morgan fingerprint density at radius 2 is 2.14 bits per heavy atom. The highest BCUT2D eigenvalue weighted by Crippen LogP contribution is 2.35. The van der Waals surface area contributed by atoms with E-state index in [4.69, 9.17) is 22.4 Å². The Morgan fingerprint density at radius 1 is 1.57 bits per heavy atom. The van der Waals surface area contributed by atoms with Crippen molar-refractivity contribution in [2.24, 2.45) is 5.73 Å². The van der Waals surface area contributed by atoms with Crippen molar-refractivity contribution in [2.75, 3.05) is 6.54 Å². The minimum absolute atomic E-state index is 0.305. The van der Waals surface area contributed by atoms with E-state index in [2.05, 4.69) is 0 Å². The summed E-state index contributed by atoms with van der Waals surface area (Å²) in [5.74, 6) is -3.57. The zero-order valence-corrected chi connectivity index (χ0v) is 7.68. The second kappa shape index (κ2) is 3.81. The van der Waals surface area contributed by atoms with Gasteiger partial charge in [-0.15, -0.1) is 0 Å². The van der Waals surface area contributed by atoms with Crippen LogP contribution in [0.4, 0.5) is 4.39 Å². The Balaban J connectivity index is 3.47. The molecule has 0 aromatic heterocycles. The van der Waals surface area contributed by atoms with Crippen molar-refractivity contribution in [2.45, 2.75) is 0 Å². The van der Waals surface area contributed by atoms with E-state index in [1.165, 1.54) is 0 Å². The van der Waals surface area contributed by atoms with E-state index >= 15 is 0 Å². The number of phenols is 2. The summed E-state index contributed by atoms with van der Waals surface area (Å²) in [5, 5.41) is 17.9. The summed E-state index contributed by atoms with van der Waals surface area (Å²) < 4.78 is 13.1. The van der Waals surface area contributed by atoms with Gasteiger partial charge in [0.1, 0.15) is 11.3 Å². The number of rotatable bonds is 2. The van der Waals surface area contributed by atoms with Crippen LogP contribution < -0.4 is 5.73 Å². The van der Waals surface area contributed by atoms with Gasteiger partial charge in [0.15, 0.2) is 17.3 Å². The van der Waals surface area contributed by atoms with E-state index in [1.54, 1.807) is 0 Å². The second-order valence-corrected chi connectivity index (χ2v) is 2.95. The number of carbonyl (C=O) groups is 1. The Kier molecular flexibility index (Phi) is 2.93. The fraction of sp³-hybridized carbons (Fsp3) is 0.125. The van der Waals surface area contributed by atoms with Gasteiger partial charge in [0, 0.05) is 6.07 Å². The van der Waals surface area contributed by atoms with E-state index in [1.807, 2.05) is 0 Å². The maximum absolute atomic E-state index is 13.1. The van der Waals surface area contributed by atoms with Gasteiger partial charge >= 0.3 is 0 Å². The van der Waals surface area contributed by atoms with Gasteiger partial charge in [0.25, 0.3) is 0 Å². The van der Waals surface area contributed by atoms with Crippen molar-refractivity contribution in [1.82, 2.24) is 0 Å². The van der Waals surface area contributed by atoms with E-state index in [0.717, 1.165) is 6.07 Å². The molecule has 0 radical (unpaired) electrons. The van der Waals surface area contributed by atoms with Gasteiger partial charge < -0.3 is 15.9 Å². The van der Waals surface area contributed by atoms with E-state index in [0.29, 0.717) is 0 Å². The number of benzene rings is 1. The molecule has 4 nitrogen and oxygen atoms in total. The van der Waals surface area contributed by atoms with Crippen LogP contribution in [0.1, 0.15) is 10.4 Å². The monoisotopic (exact) mass is 219 g/mol. The summed E-state index contributed by atoms with van der Waals surface area (Å²) in [4.78, 5) is 11.1. The largest absolute Gasteiger partial charge is 0.506 e. The first kappa shape index (κ1) is 10.7. The number of phenolic OH excluding ortho intramolecular Hbond substituents is 2. The molecule has 0 unspecified atom stereocenters. The first-order valence-corrected chi connectivity index (χ1v) is 4.00. The minimum atomic E-state index is -1.22. The lowest BCUT2D eigenvalue weighted by atomic mass is 10.1. The lowest BCUT2D eigenvalue weighted by Gasteiger charge is -2.06. The quantitative estimate of drug-likeness (QED) is 0.513. The van der Waals surface area contributed by atoms with Crippen molar-refractivity contribution in [3.8, 4) is 11.5 Å². The summed E-state index contributed by atoms with van der Waals surface area (Å²) in [6.45, 7) is -0.482. The van der Waals surface area contributed by atoms with Gasteiger partial charge in [0.05, 0.1) is 11.6 Å². The minimum Gasteiger partial charge on any atom is -0.506 e. The van der Waals surface area contributed by atoms with Gasteiger partial charge in [-0.05, 0) is 0 Å². The van der Waals surface area contributed by atoms with Crippen LogP contribution in [0, 0.1) is 5.82 Å². The van der Waals surface area contributed by atoms with Gasteiger partial charge in [-0.3, -0.25) is 4.79 Å². The molecule has 1 rings (SSSR count). The van der Waals surface area contributed by atoms with Crippen molar-refractivity contribution in [3.05, 3.63) is 22.5 Å². The number of aromatic hydroxyl groups is 2. The maximum Gasteiger partial charge on any atom is 0.183 e. The summed E-state index contributed by atoms with van der Waals surface area (Å²) >= 11 is 5.42. The normalized spacial score (nSPS) is 10.2. The molecular weight excluding hydrogens is 213 g/mol. The SMILES string of the molecule is NCC(=O)c1c(O)c(Cl)cc(O)c1F. The highest BCUT2D eigenvalue weighted by Gasteiger charge is 2.21. The van der Waals surface area contributed by atoms with Crippen LogP contribution in [0.2, 0.25) is 5.02 Å². The molecule has 4 N–H and O–H groups in total. The topological polar surface area (TPSA) is 83.6 Å². The van der Waals surface area contributed by atoms with Crippen molar-refractivity contribution in [3.63, 3.8) is 0 Å². The Morgan fingerprint density at radius 3 is 2.64 bits per heavy atom.